The van der Waals surface area contributed by atoms with Crippen molar-refractivity contribution in [1.82, 2.24) is 5.32 Å². The van der Waals surface area contributed by atoms with E-state index in [0.717, 1.165) is 51.2 Å². The molecule has 7 nitrogen and oxygen atoms in total. The molecule has 2 rings (SSSR count). The number of nitrogens with one attached hydrogen (secondary N) is 1. The van der Waals surface area contributed by atoms with Gasteiger partial charge in [-0.05, 0) is 55.5 Å². The van der Waals surface area contributed by atoms with Crippen molar-refractivity contribution in [2.45, 2.75) is 44.9 Å². The number of hydrogen-bond acceptors (Lipinski definition) is 5. The number of unbranched alkanes of at least 4 members (excludes halogenated alkanes) is 2. The minimum absolute atomic E-state index is 0.159. The molecule has 0 aliphatic rings. The molecule has 0 atom stereocenters. The van der Waals surface area contributed by atoms with Crippen molar-refractivity contribution in [1.29, 1.82) is 0 Å². The van der Waals surface area contributed by atoms with Gasteiger partial charge >= 0.3 is 18.1 Å². The predicted octanol–water partition coefficient (Wildman–Crippen LogP) is 4.69. The van der Waals surface area contributed by atoms with Gasteiger partial charge in [-0.1, -0.05) is 42.5 Å². The molecule has 0 fully saturated rings. The second-order valence-corrected chi connectivity index (χ2v) is 7.54. The third-order valence-electron chi connectivity index (χ3n) is 4.59. The van der Waals surface area contributed by atoms with Crippen LogP contribution in [0.2, 0.25) is 0 Å². The number of carboxylic acid groups (broad SMARTS) is 2. The van der Waals surface area contributed by atoms with E-state index in [0.29, 0.717) is 13.2 Å². The molecule has 0 amide bonds. The van der Waals surface area contributed by atoms with Crippen molar-refractivity contribution in [3.8, 4) is 5.75 Å². The number of carboxylic acids is 2. The lowest BCUT2D eigenvalue weighted by molar-refractivity contribution is -0.192. The van der Waals surface area contributed by atoms with Crippen LogP contribution in [0.25, 0.3) is 0 Å². The quantitative estimate of drug-likeness (QED) is 0.305. The number of halogens is 3. The third-order valence-corrected chi connectivity index (χ3v) is 4.59. The van der Waals surface area contributed by atoms with Gasteiger partial charge in [0.2, 0.25) is 0 Å². The maximum atomic E-state index is 10.6. The summed E-state index contributed by atoms with van der Waals surface area (Å²) in [6, 6.07) is 18.3. The zero-order valence-electron chi connectivity index (χ0n) is 19.4. The van der Waals surface area contributed by atoms with Crippen molar-refractivity contribution in [3.63, 3.8) is 0 Å². The van der Waals surface area contributed by atoms with Crippen molar-refractivity contribution in [2.24, 2.45) is 0 Å². The summed E-state index contributed by atoms with van der Waals surface area (Å²) in [5.41, 5.74) is 2.43. The summed E-state index contributed by atoms with van der Waals surface area (Å²) >= 11 is 0. The average Bonchev–Trinajstić information content (AvgIpc) is 2.82. The Labute approximate surface area is 202 Å². The standard InChI is InChI=1S/C23H31NO4.C2HF3O2/c25-23(26)14-16-24-15-13-20-9-11-22(12-10-20)28-18-6-2-5-17-27-19-21-7-3-1-4-8-21;3-2(4,5)1(6)7/h1,3-4,7-12,24H,2,5-6,13-19H2,(H,25,26);(H,6,7). The molecule has 0 aromatic heterocycles. The summed E-state index contributed by atoms with van der Waals surface area (Å²) in [5.74, 6) is -2.64. The van der Waals surface area contributed by atoms with E-state index in [1.165, 1.54) is 11.1 Å². The summed E-state index contributed by atoms with van der Waals surface area (Å²) in [7, 11) is 0. The minimum atomic E-state index is -5.08. The number of aliphatic carboxylic acids is 2. The largest absolute Gasteiger partial charge is 0.494 e. The van der Waals surface area contributed by atoms with Gasteiger partial charge in [0.15, 0.2) is 0 Å². The van der Waals surface area contributed by atoms with Crippen LogP contribution in [-0.4, -0.2) is 54.6 Å². The Hall–Kier alpha value is -3.11. The highest BCUT2D eigenvalue weighted by atomic mass is 19.4. The highest BCUT2D eigenvalue weighted by Crippen LogP contribution is 2.14. The number of rotatable bonds is 15. The van der Waals surface area contributed by atoms with Crippen molar-refractivity contribution < 1.29 is 42.4 Å². The lowest BCUT2D eigenvalue weighted by atomic mass is 10.1. The molecule has 194 valence electrons. The van der Waals surface area contributed by atoms with Gasteiger partial charge in [-0.15, -0.1) is 0 Å². The van der Waals surface area contributed by atoms with Crippen molar-refractivity contribution in [3.05, 3.63) is 65.7 Å². The van der Waals surface area contributed by atoms with Gasteiger partial charge in [0.05, 0.1) is 19.6 Å². The topological polar surface area (TPSA) is 105 Å². The molecular weight excluding hydrogens is 467 g/mol. The monoisotopic (exact) mass is 499 g/mol. The number of hydrogen-bond donors (Lipinski definition) is 3. The zero-order valence-corrected chi connectivity index (χ0v) is 19.4. The fourth-order valence-electron chi connectivity index (χ4n) is 2.74. The average molecular weight is 500 g/mol. The SMILES string of the molecule is O=C(O)C(F)(F)F.O=C(O)CCNCCc1ccc(OCCCCCOCc2ccccc2)cc1. The van der Waals surface area contributed by atoms with Gasteiger partial charge in [-0.3, -0.25) is 4.79 Å². The summed E-state index contributed by atoms with van der Waals surface area (Å²) in [6.45, 7) is 3.46. The summed E-state index contributed by atoms with van der Waals surface area (Å²) in [5, 5.41) is 18.8. The van der Waals surface area contributed by atoms with E-state index in [2.05, 4.69) is 29.6 Å². The van der Waals surface area contributed by atoms with E-state index in [-0.39, 0.29) is 6.42 Å². The molecule has 3 N–H and O–H groups in total. The van der Waals surface area contributed by atoms with Crippen LogP contribution >= 0.6 is 0 Å². The fraction of sp³-hybridized carbons (Fsp3) is 0.440. The molecule has 0 spiro atoms. The lowest BCUT2D eigenvalue weighted by Crippen LogP contribution is -2.21. The van der Waals surface area contributed by atoms with E-state index in [9.17, 15) is 18.0 Å². The van der Waals surface area contributed by atoms with Crippen LogP contribution in [0, 0.1) is 0 Å². The van der Waals surface area contributed by atoms with Crippen LogP contribution in [0.15, 0.2) is 54.6 Å². The molecular formula is C25H32F3NO6. The van der Waals surface area contributed by atoms with Crippen molar-refractivity contribution >= 4 is 11.9 Å². The first-order valence-corrected chi connectivity index (χ1v) is 11.2. The number of alkyl halides is 3. The molecule has 0 aliphatic heterocycles. The number of ether oxygens (including phenoxy) is 2. The van der Waals surface area contributed by atoms with E-state index in [4.69, 9.17) is 24.5 Å². The van der Waals surface area contributed by atoms with Crippen molar-refractivity contribution in [2.75, 3.05) is 26.3 Å². The fourth-order valence-corrected chi connectivity index (χ4v) is 2.74. The van der Waals surface area contributed by atoms with Crippen LogP contribution in [0.3, 0.4) is 0 Å². The van der Waals surface area contributed by atoms with Gasteiger partial charge in [0.1, 0.15) is 5.75 Å². The zero-order chi connectivity index (χ0) is 25.9. The van der Waals surface area contributed by atoms with E-state index in [1.54, 1.807) is 0 Å². The Balaban J connectivity index is 0.000000762. The van der Waals surface area contributed by atoms with Gasteiger partial charge in [0, 0.05) is 13.2 Å². The van der Waals surface area contributed by atoms with Gasteiger partial charge < -0.3 is 25.0 Å². The predicted molar refractivity (Wildman–Crippen MR) is 124 cm³/mol. The van der Waals surface area contributed by atoms with Crippen LogP contribution in [0.1, 0.15) is 36.8 Å². The summed E-state index contributed by atoms with van der Waals surface area (Å²) in [4.78, 5) is 19.3. The van der Waals surface area contributed by atoms with Crippen LogP contribution in [-0.2, 0) is 27.4 Å². The number of carbonyl (C=O) groups is 2. The van der Waals surface area contributed by atoms with E-state index >= 15 is 0 Å². The Morgan fingerprint density at radius 2 is 1.46 bits per heavy atom. The first-order chi connectivity index (χ1) is 16.7. The maximum absolute atomic E-state index is 10.6. The van der Waals surface area contributed by atoms with Gasteiger partial charge in [-0.2, -0.15) is 13.2 Å². The van der Waals surface area contributed by atoms with E-state index < -0.39 is 18.1 Å². The molecule has 0 saturated heterocycles. The summed E-state index contributed by atoms with van der Waals surface area (Å²) < 4.78 is 43.2. The first-order valence-electron chi connectivity index (χ1n) is 11.2. The van der Waals surface area contributed by atoms with E-state index in [1.807, 2.05) is 30.3 Å². The highest BCUT2D eigenvalue weighted by Gasteiger charge is 2.38. The first kappa shape index (κ1) is 29.9. The van der Waals surface area contributed by atoms with Crippen LogP contribution in [0.5, 0.6) is 5.75 Å². The molecule has 0 unspecified atom stereocenters. The molecule has 2 aromatic rings. The smallest absolute Gasteiger partial charge is 0.490 e. The number of benzene rings is 2. The molecule has 0 heterocycles. The minimum Gasteiger partial charge on any atom is -0.494 e. The second-order valence-electron chi connectivity index (χ2n) is 7.54. The maximum Gasteiger partial charge on any atom is 0.490 e. The highest BCUT2D eigenvalue weighted by molar-refractivity contribution is 5.73. The third kappa shape index (κ3) is 16.2. The molecule has 35 heavy (non-hydrogen) atoms. The Kier molecular flexibility index (Phi) is 14.8. The Morgan fingerprint density at radius 1 is 0.829 bits per heavy atom. The van der Waals surface area contributed by atoms with Crippen LogP contribution < -0.4 is 10.1 Å². The molecule has 0 radical (unpaired) electrons. The Bertz CT molecular complexity index is 845. The van der Waals surface area contributed by atoms with Gasteiger partial charge in [-0.25, -0.2) is 4.79 Å². The van der Waals surface area contributed by atoms with Crippen LogP contribution in [0.4, 0.5) is 13.2 Å². The molecule has 10 heteroatoms. The molecule has 2 aromatic carbocycles. The molecule has 0 saturated carbocycles. The summed E-state index contributed by atoms with van der Waals surface area (Å²) in [6.07, 6.45) is -0.891. The Morgan fingerprint density at radius 3 is 2.06 bits per heavy atom. The molecule has 0 aliphatic carbocycles. The van der Waals surface area contributed by atoms with Gasteiger partial charge in [0.25, 0.3) is 0 Å². The second kappa shape index (κ2) is 17.3. The molecule has 0 bridgehead atoms. The lowest BCUT2D eigenvalue weighted by Gasteiger charge is -2.08. The normalized spacial score (nSPS) is 10.8.